The zero-order valence-corrected chi connectivity index (χ0v) is 8.25. The summed E-state index contributed by atoms with van der Waals surface area (Å²) in [4.78, 5) is 7.88. The minimum Gasteiger partial charge on any atom is -0.497 e. The summed E-state index contributed by atoms with van der Waals surface area (Å²) in [6.07, 6.45) is 0. The van der Waals surface area contributed by atoms with E-state index in [2.05, 4.69) is 9.97 Å². The molecular formula is C9H8ClN3O. The molecule has 0 fully saturated rings. The summed E-state index contributed by atoms with van der Waals surface area (Å²) in [6.45, 7) is 0. The number of hydrogen-bond acceptors (Lipinski definition) is 4. The molecule has 0 aliphatic rings. The van der Waals surface area contributed by atoms with Crippen molar-refractivity contribution in [2.45, 2.75) is 0 Å². The quantitative estimate of drug-likeness (QED) is 0.729. The van der Waals surface area contributed by atoms with Crippen LogP contribution in [0, 0.1) is 0 Å². The van der Waals surface area contributed by atoms with Crippen LogP contribution in [0.5, 0.6) is 5.75 Å². The second-order valence-corrected chi connectivity index (χ2v) is 3.10. The standard InChI is InChI=1S/C9H8ClN3O/c1-14-5-2-3-7-6(4-5)8(11)13-9(10)12-7/h2-4H,1H3,(H2,11,12,13). The molecule has 0 amide bonds. The first-order chi connectivity index (χ1) is 6.70. The highest BCUT2D eigenvalue weighted by Gasteiger charge is 2.04. The average molecular weight is 210 g/mol. The van der Waals surface area contributed by atoms with Gasteiger partial charge in [0.1, 0.15) is 11.6 Å². The van der Waals surface area contributed by atoms with Crippen LogP contribution in [0.4, 0.5) is 5.82 Å². The number of benzene rings is 1. The van der Waals surface area contributed by atoms with E-state index < -0.39 is 0 Å². The van der Waals surface area contributed by atoms with Gasteiger partial charge in [0.2, 0.25) is 5.28 Å². The molecule has 0 atom stereocenters. The van der Waals surface area contributed by atoms with Gasteiger partial charge in [-0.15, -0.1) is 0 Å². The van der Waals surface area contributed by atoms with Crippen molar-refractivity contribution in [3.8, 4) is 5.75 Å². The van der Waals surface area contributed by atoms with Crippen molar-refractivity contribution >= 4 is 28.3 Å². The Hall–Kier alpha value is -1.55. The third-order valence-electron chi connectivity index (χ3n) is 1.91. The fourth-order valence-corrected chi connectivity index (χ4v) is 1.41. The number of ether oxygens (including phenoxy) is 1. The lowest BCUT2D eigenvalue weighted by Crippen LogP contribution is -1.95. The lowest BCUT2D eigenvalue weighted by molar-refractivity contribution is 0.415. The van der Waals surface area contributed by atoms with E-state index in [1.54, 1.807) is 25.3 Å². The number of methoxy groups -OCH3 is 1. The second kappa shape index (κ2) is 3.31. The Labute approximate surface area is 85.7 Å². The van der Waals surface area contributed by atoms with Crippen LogP contribution >= 0.6 is 11.6 Å². The van der Waals surface area contributed by atoms with Crippen LogP contribution in [0.1, 0.15) is 0 Å². The number of nitrogens with two attached hydrogens (primary N) is 1. The summed E-state index contributed by atoms with van der Waals surface area (Å²) in [5.41, 5.74) is 6.40. The third-order valence-corrected chi connectivity index (χ3v) is 2.07. The Balaban J connectivity index is 2.75. The van der Waals surface area contributed by atoms with Gasteiger partial charge in [-0.05, 0) is 29.8 Å². The number of nitrogen functional groups attached to an aromatic ring is 1. The molecule has 5 heteroatoms. The van der Waals surface area contributed by atoms with Gasteiger partial charge in [-0.1, -0.05) is 0 Å². The first kappa shape index (κ1) is 9.02. The molecule has 0 saturated heterocycles. The van der Waals surface area contributed by atoms with Crippen LogP contribution in [-0.2, 0) is 0 Å². The topological polar surface area (TPSA) is 61.0 Å². The number of rotatable bonds is 1. The van der Waals surface area contributed by atoms with Crippen LogP contribution in [0.2, 0.25) is 5.28 Å². The van der Waals surface area contributed by atoms with Gasteiger partial charge in [-0.25, -0.2) is 9.97 Å². The summed E-state index contributed by atoms with van der Waals surface area (Å²) in [5, 5.41) is 0.897. The Kier molecular flexibility index (Phi) is 2.13. The second-order valence-electron chi connectivity index (χ2n) is 2.76. The molecule has 2 N–H and O–H groups in total. The molecule has 0 unspecified atom stereocenters. The molecule has 4 nitrogen and oxygen atoms in total. The fourth-order valence-electron chi connectivity index (χ4n) is 1.23. The lowest BCUT2D eigenvalue weighted by Gasteiger charge is -2.03. The Morgan fingerprint density at radius 1 is 1.36 bits per heavy atom. The van der Waals surface area contributed by atoms with Crippen molar-refractivity contribution in [3.63, 3.8) is 0 Å². The number of aromatic nitrogens is 2. The number of hydrogen-bond donors (Lipinski definition) is 1. The number of nitrogens with zero attached hydrogens (tertiary/aromatic N) is 2. The van der Waals surface area contributed by atoms with Crippen molar-refractivity contribution in [3.05, 3.63) is 23.5 Å². The van der Waals surface area contributed by atoms with Crippen molar-refractivity contribution in [2.75, 3.05) is 12.8 Å². The Morgan fingerprint density at radius 3 is 2.86 bits per heavy atom. The van der Waals surface area contributed by atoms with E-state index in [0.29, 0.717) is 11.3 Å². The summed E-state index contributed by atoms with van der Waals surface area (Å²) in [7, 11) is 1.59. The van der Waals surface area contributed by atoms with E-state index in [1.807, 2.05) is 0 Å². The molecule has 2 aromatic rings. The lowest BCUT2D eigenvalue weighted by atomic mass is 10.2. The van der Waals surface area contributed by atoms with E-state index in [9.17, 15) is 0 Å². The van der Waals surface area contributed by atoms with Gasteiger partial charge in [-0.2, -0.15) is 0 Å². The van der Waals surface area contributed by atoms with Crippen LogP contribution in [0.25, 0.3) is 10.9 Å². The molecule has 0 spiro atoms. The molecule has 1 aromatic heterocycles. The molecule has 0 bridgehead atoms. The minimum absolute atomic E-state index is 0.153. The van der Waals surface area contributed by atoms with E-state index in [0.717, 1.165) is 11.1 Å². The van der Waals surface area contributed by atoms with Gasteiger partial charge in [-0.3, -0.25) is 0 Å². The largest absolute Gasteiger partial charge is 0.497 e. The normalized spacial score (nSPS) is 10.4. The van der Waals surface area contributed by atoms with Crippen molar-refractivity contribution in [1.82, 2.24) is 9.97 Å². The third kappa shape index (κ3) is 1.44. The molecule has 14 heavy (non-hydrogen) atoms. The first-order valence-corrected chi connectivity index (χ1v) is 4.35. The maximum Gasteiger partial charge on any atom is 0.224 e. The Bertz CT molecular complexity index is 487. The fraction of sp³-hybridized carbons (Fsp3) is 0.111. The summed E-state index contributed by atoms with van der Waals surface area (Å²) >= 11 is 5.66. The number of anilines is 1. The van der Waals surface area contributed by atoms with Gasteiger partial charge >= 0.3 is 0 Å². The zero-order valence-electron chi connectivity index (χ0n) is 7.49. The maximum absolute atomic E-state index is 5.69. The summed E-state index contributed by atoms with van der Waals surface area (Å²) in [5.74, 6) is 1.08. The molecule has 1 heterocycles. The Morgan fingerprint density at radius 2 is 2.14 bits per heavy atom. The first-order valence-electron chi connectivity index (χ1n) is 3.97. The van der Waals surface area contributed by atoms with Crippen LogP contribution < -0.4 is 10.5 Å². The summed E-state index contributed by atoms with van der Waals surface area (Å²) in [6, 6.07) is 5.37. The average Bonchev–Trinajstić information content (AvgIpc) is 2.17. The van der Waals surface area contributed by atoms with Crippen LogP contribution in [-0.4, -0.2) is 17.1 Å². The predicted octanol–water partition coefficient (Wildman–Crippen LogP) is 1.87. The SMILES string of the molecule is COc1ccc2nc(Cl)nc(N)c2c1. The van der Waals surface area contributed by atoms with Crippen LogP contribution in [0.15, 0.2) is 18.2 Å². The molecule has 0 aliphatic carbocycles. The molecule has 2 rings (SSSR count). The van der Waals surface area contributed by atoms with E-state index in [-0.39, 0.29) is 5.28 Å². The van der Waals surface area contributed by atoms with E-state index in [4.69, 9.17) is 22.1 Å². The number of halogens is 1. The van der Waals surface area contributed by atoms with Gasteiger partial charge in [0.15, 0.2) is 0 Å². The van der Waals surface area contributed by atoms with E-state index >= 15 is 0 Å². The van der Waals surface area contributed by atoms with Crippen molar-refractivity contribution in [1.29, 1.82) is 0 Å². The molecule has 1 aromatic carbocycles. The van der Waals surface area contributed by atoms with E-state index in [1.165, 1.54) is 0 Å². The highest BCUT2D eigenvalue weighted by Crippen LogP contribution is 2.24. The highest BCUT2D eigenvalue weighted by atomic mass is 35.5. The molecule has 0 radical (unpaired) electrons. The predicted molar refractivity (Wildman–Crippen MR) is 55.5 cm³/mol. The summed E-state index contributed by atoms with van der Waals surface area (Å²) < 4.78 is 5.06. The van der Waals surface area contributed by atoms with Crippen molar-refractivity contribution in [2.24, 2.45) is 0 Å². The van der Waals surface area contributed by atoms with Gasteiger partial charge in [0.05, 0.1) is 12.6 Å². The van der Waals surface area contributed by atoms with Gasteiger partial charge in [0, 0.05) is 5.39 Å². The molecule has 72 valence electrons. The van der Waals surface area contributed by atoms with Crippen LogP contribution in [0.3, 0.4) is 0 Å². The minimum atomic E-state index is 0.153. The maximum atomic E-state index is 5.69. The molecule has 0 saturated carbocycles. The smallest absolute Gasteiger partial charge is 0.224 e. The van der Waals surface area contributed by atoms with Crippen molar-refractivity contribution < 1.29 is 4.74 Å². The zero-order chi connectivity index (χ0) is 10.1. The molecular weight excluding hydrogens is 202 g/mol. The van der Waals surface area contributed by atoms with Gasteiger partial charge in [0.25, 0.3) is 0 Å². The monoisotopic (exact) mass is 209 g/mol. The number of fused-ring (bicyclic) bond motifs is 1. The highest BCUT2D eigenvalue weighted by molar-refractivity contribution is 6.28. The van der Waals surface area contributed by atoms with Gasteiger partial charge < -0.3 is 10.5 Å². The molecule has 0 aliphatic heterocycles.